The van der Waals surface area contributed by atoms with E-state index in [1.807, 2.05) is 30.3 Å². The number of esters is 1. The Morgan fingerprint density at radius 1 is 0.884 bits per heavy atom. The average Bonchev–Trinajstić information content (AvgIpc) is 2.98. The highest BCUT2D eigenvalue weighted by molar-refractivity contribution is 5.97. The summed E-state index contributed by atoms with van der Waals surface area (Å²) in [5, 5.41) is 17.7. The van der Waals surface area contributed by atoms with Gasteiger partial charge in [0.05, 0.1) is 28.7 Å². The normalized spacial score (nSPS) is 11.1. The second-order valence-electron chi connectivity index (χ2n) is 8.93. The molecular formula is C30H21F3N4O6. The van der Waals surface area contributed by atoms with E-state index in [0.717, 1.165) is 48.2 Å². The van der Waals surface area contributed by atoms with Gasteiger partial charge in [0, 0.05) is 28.9 Å². The molecular weight excluding hydrogens is 569 g/mol. The topological polar surface area (TPSA) is 140 Å². The van der Waals surface area contributed by atoms with Crippen molar-refractivity contribution in [3.8, 4) is 5.75 Å². The van der Waals surface area contributed by atoms with E-state index in [4.69, 9.17) is 4.74 Å². The van der Waals surface area contributed by atoms with Crippen molar-refractivity contribution in [1.29, 1.82) is 0 Å². The fourth-order valence-electron chi connectivity index (χ4n) is 3.74. The number of benzene rings is 4. The molecule has 0 aromatic heterocycles. The molecule has 0 atom stereocenters. The predicted octanol–water partition coefficient (Wildman–Crippen LogP) is 5.78. The first-order valence-electron chi connectivity index (χ1n) is 12.4. The summed E-state index contributed by atoms with van der Waals surface area (Å²) in [5.41, 5.74) is 1.76. The third kappa shape index (κ3) is 8.33. The van der Waals surface area contributed by atoms with Crippen LogP contribution in [0, 0.1) is 10.1 Å². The van der Waals surface area contributed by atoms with Crippen LogP contribution >= 0.6 is 0 Å². The average molecular weight is 591 g/mol. The van der Waals surface area contributed by atoms with Crippen molar-refractivity contribution in [1.82, 2.24) is 5.43 Å². The fraction of sp³-hybridized carbons (Fsp3) is 0.0667. The zero-order chi connectivity index (χ0) is 31.0. The molecule has 10 nitrogen and oxygen atoms in total. The van der Waals surface area contributed by atoms with Gasteiger partial charge in [-0.1, -0.05) is 36.4 Å². The lowest BCUT2D eigenvalue weighted by atomic mass is 10.1. The molecule has 0 fully saturated rings. The van der Waals surface area contributed by atoms with Gasteiger partial charge in [-0.05, 0) is 54.1 Å². The van der Waals surface area contributed by atoms with E-state index in [1.54, 1.807) is 0 Å². The number of nitrogens with one attached hydrogen (secondary N) is 2. The number of carbonyl (C=O) groups is 3. The number of alkyl halides is 3. The lowest BCUT2D eigenvalue weighted by Gasteiger charge is -2.10. The molecule has 0 aliphatic carbocycles. The number of halogens is 3. The molecule has 4 aromatic rings. The summed E-state index contributed by atoms with van der Waals surface area (Å²) < 4.78 is 44.3. The van der Waals surface area contributed by atoms with Crippen LogP contribution in [0.15, 0.2) is 102 Å². The van der Waals surface area contributed by atoms with Gasteiger partial charge in [-0.25, -0.2) is 10.2 Å². The zero-order valence-electron chi connectivity index (χ0n) is 22.0. The standard InChI is InChI=1S/C30H21F3N4O6/c31-30(32,33)23-8-4-7-21(16-23)29(40)43-26-14-13-25(37(41)42)17-22(26)18-34-36-28(39)20-9-11-24(12-10-20)35-27(38)15-19-5-2-1-3-6-19/h1-14,16-18H,15H2,(H,35,38)(H,36,39)/b34-18+. The molecule has 0 bridgehead atoms. The molecule has 0 saturated heterocycles. The Labute approximate surface area is 242 Å². The molecule has 0 unspecified atom stereocenters. The Kier molecular flexibility index (Phi) is 9.25. The molecule has 2 amide bonds. The number of amides is 2. The number of nitro benzene ring substituents is 1. The smallest absolute Gasteiger partial charge is 0.416 e. The largest absolute Gasteiger partial charge is 0.422 e. The van der Waals surface area contributed by atoms with Crippen LogP contribution < -0.4 is 15.5 Å². The second kappa shape index (κ2) is 13.2. The maximum absolute atomic E-state index is 13.0. The number of nitro groups is 1. The minimum absolute atomic E-state index is 0.105. The first-order valence-corrected chi connectivity index (χ1v) is 12.4. The third-order valence-electron chi connectivity index (χ3n) is 5.84. The SMILES string of the molecule is O=C(Cc1ccccc1)Nc1ccc(C(=O)N/N=C/c2cc([N+](=O)[O-])ccc2OC(=O)c2cccc(C(F)(F)F)c2)cc1. The molecule has 0 spiro atoms. The number of carbonyl (C=O) groups excluding carboxylic acids is 3. The monoisotopic (exact) mass is 590 g/mol. The summed E-state index contributed by atoms with van der Waals surface area (Å²) in [6.07, 6.45) is -3.53. The zero-order valence-corrected chi connectivity index (χ0v) is 22.0. The van der Waals surface area contributed by atoms with Crippen LogP contribution in [-0.4, -0.2) is 28.9 Å². The van der Waals surface area contributed by atoms with Crippen molar-refractivity contribution in [3.05, 3.63) is 135 Å². The van der Waals surface area contributed by atoms with E-state index in [1.165, 1.54) is 24.3 Å². The molecule has 0 saturated carbocycles. The minimum atomic E-state index is -4.68. The van der Waals surface area contributed by atoms with Gasteiger partial charge in [-0.15, -0.1) is 0 Å². The van der Waals surface area contributed by atoms with Crippen molar-refractivity contribution < 1.29 is 37.2 Å². The van der Waals surface area contributed by atoms with Gasteiger partial charge in [0.25, 0.3) is 11.6 Å². The van der Waals surface area contributed by atoms with Gasteiger partial charge in [0.2, 0.25) is 5.91 Å². The summed E-state index contributed by atoms with van der Waals surface area (Å²) >= 11 is 0. The van der Waals surface area contributed by atoms with E-state index in [-0.39, 0.29) is 29.2 Å². The maximum atomic E-state index is 13.0. The summed E-state index contributed by atoms with van der Waals surface area (Å²) in [6.45, 7) is 0. The van der Waals surface area contributed by atoms with Crippen molar-refractivity contribution in [2.45, 2.75) is 12.6 Å². The number of anilines is 1. The number of hydrazone groups is 1. The van der Waals surface area contributed by atoms with E-state index in [9.17, 15) is 37.7 Å². The van der Waals surface area contributed by atoms with E-state index >= 15 is 0 Å². The van der Waals surface area contributed by atoms with Gasteiger partial charge in [-0.2, -0.15) is 18.3 Å². The lowest BCUT2D eigenvalue weighted by molar-refractivity contribution is -0.384. The first-order chi connectivity index (χ1) is 20.5. The van der Waals surface area contributed by atoms with Crippen LogP contribution in [0.25, 0.3) is 0 Å². The Morgan fingerprint density at radius 2 is 1.60 bits per heavy atom. The first kappa shape index (κ1) is 30.1. The van der Waals surface area contributed by atoms with Crippen LogP contribution in [-0.2, 0) is 17.4 Å². The molecule has 43 heavy (non-hydrogen) atoms. The van der Waals surface area contributed by atoms with Crippen LogP contribution in [0.2, 0.25) is 0 Å². The lowest BCUT2D eigenvalue weighted by Crippen LogP contribution is -2.18. The van der Waals surface area contributed by atoms with Crippen LogP contribution in [0.3, 0.4) is 0 Å². The maximum Gasteiger partial charge on any atom is 0.416 e. The quantitative estimate of drug-likeness (QED) is 0.0833. The number of ether oxygens (including phenoxy) is 1. The van der Waals surface area contributed by atoms with Gasteiger partial charge < -0.3 is 10.1 Å². The Balaban J connectivity index is 1.42. The molecule has 4 aromatic carbocycles. The molecule has 0 aliphatic heterocycles. The van der Waals surface area contributed by atoms with Gasteiger partial charge >= 0.3 is 12.1 Å². The molecule has 0 heterocycles. The van der Waals surface area contributed by atoms with Gasteiger partial charge in [0.1, 0.15) is 5.75 Å². The molecule has 0 aliphatic rings. The molecule has 13 heteroatoms. The van der Waals surface area contributed by atoms with Crippen LogP contribution in [0.5, 0.6) is 5.75 Å². The Bertz CT molecular complexity index is 1690. The van der Waals surface area contributed by atoms with Crippen molar-refractivity contribution in [3.63, 3.8) is 0 Å². The van der Waals surface area contributed by atoms with Crippen LogP contribution in [0.4, 0.5) is 24.5 Å². The third-order valence-corrected chi connectivity index (χ3v) is 5.84. The molecule has 2 N–H and O–H groups in total. The van der Waals surface area contributed by atoms with E-state index in [2.05, 4.69) is 15.8 Å². The van der Waals surface area contributed by atoms with Gasteiger partial charge in [-0.3, -0.25) is 19.7 Å². The number of hydrogen-bond acceptors (Lipinski definition) is 7. The summed E-state index contributed by atoms with van der Waals surface area (Å²) in [6, 6.07) is 21.8. The number of rotatable bonds is 9. The predicted molar refractivity (Wildman–Crippen MR) is 150 cm³/mol. The molecule has 218 valence electrons. The van der Waals surface area contributed by atoms with Crippen molar-refractivity contribution in [2.75, 3.05) is 5.32 Å². The minimum Gasteiger partial charge on any atom is -0.422 e. The second-order valence-corrected chi connectivity index (χ2v) is 8.93. The number of nitrogens with zero attached hydrogens (tertiary/aromatic N) is 2. The number of non-ortho nitro benzene ring substituents is 1. The fourth-order valence-corrected chi connectivity index (χ4v) is 3.74. The summed E-state index contributed by atoms with van der Waals surface area (Å²) in [4.78, 5) is 47.9. The molecule has 4 rings (SSSR count). The van der Waals surface area contributed by atoms with Crippen LogP contribution in [0.1, 0.15) is 37.4 Å². The summed E-state index contributed by atoms with van der Waals surface area (Å²) in [7, 11) is 0. The van der Waals surface area contributed by atoms with E-state index < -0.39 is 39.8 Å². The van der Waals surface area contributed by atoms with Gasteiger partial charge in [0.15, 0.2) is 0 Å². The van der Waals surface area contributed by atoms with Crippen molar-refractivity contribution in [2.24, 2.45) is 5.10 Å². The molecule has 0 radical (unpaired) electrons. The Hall–Kier alpha value is -5.85. The highest BCUT2D eigenvalue weighted by Gasteiger charge is 2.31. The highest BCUT2D eigenvalue weighted by atomic mass is 19.4. The Morgan fingerprint density at radius 3 is 2.28 bits per heavy atom. The van der Waals surface area contributed by atoms with E-state index in [0.29, 0.717) is 11.8 Å². The highest BCUT2D eigenvalue weighted by Crippen LogP contribution is 2.30. The van der Waals surface area contributed by atoms with Crippen molar-refractivity contribution >= 4 is 35.4 Å². The number of hydrogen-bond donors (Lipinski definition) is 2. The summed E-state index contributed by atoms with van der Waals surface area (Å²) in [5.74, 6) is -2.29.